The van der Waals surface area contributed by atoms with Crippen molar-refractivity contribution in [3.63, 3.8) is 0 Å². The summed E-state index contributed by atoms with van der Waals surface area (Å²) >= 11 is 5.77. The van der Waals surface area contributed by atoms with Gasteiger partial charge in [-0.3, -0.25) is 14.9 Å². The fraction of sp³-hybridized carbons (Fsp3) is 0.118. The van der Waals surface area contributed by atoms with Crippen LogP contribution < -0.4 is 5.32 Å². The molecule has 0 saturated carbocycles. The van der Waals surface area contributed by atoms with E-state index < -0.39 is 4.92 Å². The van der Waals surface area contributed by atoms with Gasteiger partial charge in [-0.05, 0) is 30.2 Å². The number of rotatable bonds is 5. The van der Waals surface area contributed by atoms with Crippen molar-refractivity contribution in [3.8, 4) is 0 Å². The van der Waals surface area contributed by atoms with E-state index in [1.807, 2.05) is 30.3 Å². The highest BCUT2D eigenvalue weighted by atomic mass is 35.5. The molecule has 0 saturated heterocycles. The van der Waals surface area contributed by atoms with Crippen molar-refractivity contribution in [1.29, 1.82) is 0 Å². The Morgan fingerprint density at radius 1 is 1.26 bits per heavy atom. The van der Waals surface area contributed by atoms with Crippen LogP contribution in [0.3, 0.4) is 0 Å². The Labute approximate surface area is 138 Å². The van der Waals surface area contributed by atoms with E-state index in [1.54, 1.807) is 19.1 Å². The van der Waals surface area contributed by atoms with Crippen molar-refractivity contribution in [3.05, 3.63) is 80.4 Å². The fourth-order valence-electron chi connectivity index (χ4n) is 1.99. The summed E-state index contributed by atoms with van der Waals surface area (Å²) in [5.74, 6) is -0.230. The first-order valence-corrected chi connectivity index (χ1v) is 7.29. The molecule has 0 aromatic heterocycles. The molecule has 0 spiro atoms. The Bertz CT molecular complexity index is 758. The lowest BCUT2D eigenvalue weighted by Gasteiger charge is -2.06. The maximum Gasteiger partial charge on any atom is 0.288 e. The smallest absolute Gasteiger partial charge is 0.288 e. The van der Waals surface area contributed by atoms with Gasteiger partial charge in [0.05, 0.1) is 4.92 Å². The Kier molecular flexibility index (Phi) is 5.49. The zero-order chi connectivity index (χ0) is 16.8. The summed E-state index contributed by atoms with van der Waals surface area (Å²) in [6.07, 6.45) is 1.59. The predicted octanol–water partition coefficient (Wildman–Crippen LogP) is 3.97. The lowest BCUT2D eigenvalue weighted by Crippen LogP contribution is -2.23. The zero-order valence-electron chi connectivity index (χ0n) is 12.5. The standard InChI is InChI=1S/C17H15ClN2O3/c1-12(17(21)19-11-13-5-3-2-4-6-13)9-14-7-8-15(18)16(10-14)20(22)23/h2-10H,11H2,1H3,(H,19,21)/b12-9+. The van der Waals surface area contributed by atoms with Crippen molar-refractivity contribution >= 4 is 29.3 Å². The molecule has 0 bridgehead atoms. The summed E-state index contributed by atoms with van der Waals surface area (Å²) in [6.45, 7) is 2.08. The van der Waals surface area contributed by atoms with Crippen molar-refractivity contribution in [2.45, 2.75) is 13.5 Å². The summed E-state index contributed by atoms with van der Waals surface area (Å²) in [4.78, 5) is 22.4. The van der Waals surface area contributed by atoms with Crippen molar-refractivity contribution in [2.75, 3.05) is 0 Å². The number of hydrogen-bond donors (Lipinski definition) is 1. The SMILES string of the molecule is C/C(=C\c1ccc(Cl)c([N+](=O)[O-])c1)C(=O)NCc1ccccc1. The molecule has 0 aliphatic heterocycles. The van der Waals surface area contributed by atoms with Gasteiger partial charge in [0.25, 0.3) is 5.69 Å². The number of carbonyl (C=O) groups is 1. The number of nitro groups is 1. The van der Waals surface area contributed by atoms with Crippen molar-refractivity contribution in [2.24, 2.45) is 0 Å². The van der Waals surface area contributed by atoms with Gasteiger partial charge in [-0.25, -0.2) is 0 Å². The van der Waals surface area contributed by atoms with E-state index in [0.717, 1.165) is 5.56 Å². The topological polar surface area (TPSA) is 72.2 Å². The van der Waals surface area contributed by atoms with Crippen molar-refractivity contribution < 1.29 is 9.72 Å². The minimum atomic E-state index is -0.551. The molecule has 0 radical (unpaired) electrons. The van der Waals surface area contributed by atoms with Crippen LogP contribution in [0.2, 0.25) is 5.02 Å². The van der Waals surface area contributed by atoms with E-state index in [2.05, 4.69) is 5.32 Å². The highest BCUT2D eigenvalue weighted by Gasteiger charge is 2.12. The van der Waals surface area contributed by atoms with Gasteiger partial charge < -0.3 is 5.32 Å². The highest BCUT2D eigenvalue weighted by Crippen LogP contribution is 2.26. The second-order valence-corrected chi connectivity index (χ2v) is 5.37. The van der Waals surface area contributed by atoms with Crippen LogP contribution in [0.1, 0.15) is 18.1 Å². The van der Waals surface area contributed by atoms with E-state index in [-0.39, 0.29) is 16.6 Å². The molecule has 0 aliphatic carbocycles. The van der Waals surface area contributed by atoms with E-state index in [0.29, 0.717) is 17.7 Å². The summed E-state index contributed by atoms with van der Waals surface area (Å²) in [5, 5.41) is 13.7. The van der Waals surface area contributed by atoms with Gasteiger partial charge in [0.2, 0.25) is 5.91 Å². The Morgan fingerprint density at radius 2 is 1.96 bits per heavy atom. The largest absolute Gasteiger partial charge is 0.348 e. The molecule has 1 amide bonds. The molecule has 0 unspecified atom stereocenters. The van der Waals surface area contributed by atoms with Crippen LogP contribution in [0, 0.1) is 10.1 Å². The number of nitro benzene ring substituents is 1. The summed E-state index contributed by atoms with van der Waals surface area (Å²) in [6, 6.07) is 14.0. The normalized spacial score (nSPS) is 11.1. The number of carbonyl (C=O) groups excluding carboxylic acids is 1. The average Bonchev–Trinajstić information content (AvgIpc) is 2.55. The van der Waals surface area contributed by atoms with Gasteiger partial charge in [0.15, 0.2) is 0 Å². The lowest BCUT2D eigenvalue weighted by atomic mass is 10.1. The molecule has 0 atom stereocenters. The lowest BCUT2D eigenvalue weighted by molar-refractivity contribution is -0.384. The second-order valence-electron chi connectivity index (χ2n) is 4.96. The minimum Gasteiger partial charge on any atom is -0.348 e. The Morgan fingerprint density at radius 3 is 2.61 bits per heavy atom. The van der Waals surface area contributed by atoms with Gasteiger partial charge in [0, 0.05) is 18.2 Å². The summed E-state index contributed by atoms with van der Waals surface area (Å²) in [5.41, 5.74) is 1.82. The molecule has 118 valence electrons. The third kappa shape index (κ3) is 4.66. The molecule has 0 heterocycles. The Balaban J connectivity index is 2.08. The number of halogens is 1. The molecule has 6 heteroatoms. The first-order valence-electron chi connectivity index (χ1n) is 6.92. The number of amides is 1. The van der Waals surface area contributed by atoms with Crippen LogP contribution >= 0.6 is 11.6 Å². The van der Waals surface area contributed by atoms with Crippen LogP contribution in [0.25, 0.3) is 6.08 Å². The van der Waals surface area contributed by atoms with Gasteiger partial charge in [-0.15, -0.1) is 0 Å². The second kappa shape index (κ2) is 7.56. The van der Waals surface area contributed by atoms with Crippen LogP contribution in [-0.2, 0) is 11.3 Å². The first-order chi connectivity index (χ1) is 11.0. The average molecular weight is 331 g/mol. The summed E-state index contributed by atoms with van der Waals surface area (Å²) in [7, 11) is 0. The fourth-order valence-corrected chi connectivity index (χ4v) is 2.18. The predicted molar refractivity (Wildman–Crippen MR) is 90.0 cm³/mol. The van der Waals surface area contributed by atoms with Crippen LogP contribution in [0.5, 0.6) is 0 Å². The number of nitrogens with zero attached hydrogens (tertiary/aromatic N) is 1. The van der Waals surface area contributed by atoms with E-state index in [9.17, 15) is 14.9 Å². The molecule has 2 aromatic rings. The molecule has 1 N–H and O–H groups in total. The number of hydrogen-bond acceptors (Lipinski definition) is 3. The molecule has 5 nitrogen and oxygen atoms in total. The van der Waals surface area contributed by atoms with E-state index >= 15 is 0 Å². The van der Waals surface area contributed by atoms with Gasteiger partial charge in [-0.1, -0.05) is 48.0 Å². The van der Waals surface area contributed by atoms with Gasteiger partial charge in [0.1, 0.15) is 5.02 Å². The summed E-state index contributed by atoms with van der Waals surface area (Å²) < 4.78 is 0. The maximum atomic E-state index is 12.1. The highest BCUT2D eigenvalue weighted by molar-refractivity contribution is 6.32. The maximum absolute atomic E-state index is 12.1. The third-order valence-electron chi connectivity index (χ3n) is 3.20. The quantitative estimate of drug-likeness (QED) is 0.512. The van der Waals surface area contributed by atoms with Crippen LogP contribution in [-0.4, -0.2) is 10.8 Å². The number of benzene rings is 2. The molecule has 0 aliphatic rings. The minimum absolute atomic E-state index is 0.0679. The van der Waals surface area contributed by atoms with E-state index in [1.165, 1.54) is 12.1 Å². The molecule has 23 heavy (non-hydrogen) atoms. The van der Waals surface area contributed by atoms with Gasteiger partial charge in [-0.2, -0.15) is 0 Å². The molecule has 2 aromatic carbocycles. The van der Waals surface area contributed by atoms with Crippen LogP contribution in [0.4, 0.5) is 5.69 Å². The van der Waals surface area contributed by atoms with Crippen molar-refractivity contribution in [1.82, 2.24) is 5.32 Å². The first kappa shape index (κ1) is 16.7. The molecule has 2 rings (SSSR count). The van der Waals surface area contributed by atoms with Gasteiger partial charge >= 0.3 is 0 Å². The van der Waals surface area contributed by atoms with E-state index in [4.69, 9.17) is 11.6 Å². The monoisotopic (exact) mass is 330 g/mol. The Hall–Kier alpha value is -2.66. The van der Waals surface area contributed by atoms with Crippen LogP contribution in [0.15, 0.2) is 54.1 Å². The molecule has 0 fully saturated rings. The third-order valence-corrected chi connectivity index (χ3v) is 3.52. The molecular formula is C17H15ClN2O3. The number of nitrogens with one attached hydrogen (secondary N) is 1. The molecular weight excluding hydrogens is 316 g/mol. The zero-order valence-corrected chi connectivity index (χ0v) is 13.2.